The summed E-state index contributed by atoms with van der Waals surface area (Å²) in [5, 5.41) is 0. The smallest absolute Gasteiger partial charge is 0.330 e. The van der Waals surface area contributed by atoms with Crippen LogP contribution in [0.3, 0.4) is 0 Å². The molecule has 0 spiro atoms. The zero-order chi connectivity index (χ0) is 13.3. The summed E-state index contributed by atoms with van der Waals surface area (Å²) in [5.41, 5.74) is 6.03. The fourth-order valence-corrected chi connectivity index (χ4v) is 2.67. The summed E-state index contributed by atoms with van der Waals surface area (Å²) in [5.74, 6) is 0.326. The number of nitrogens with zero attached hydrogens (tertiary/aromatic N) is 1. The van der Waals surface area contributed by atoms with Crippen LogP contribution in [0.4, 0.5) is 13.2 Å². The van der Waals surface area contributed by atoms with E-state index in [-0.39, 0.29) is 6.04 Å². The van der Waals surface area contributed by atoms with Gasteiger partial charge in [-0.25, -0.2) is 0 Å². The molecule has 0 bridgehead atoms. The monoisotopic (exact) mass is 258 g/mol. The van der Waals surface area contributed by atoms with E-state index in [0.29, 0.717) is 12.5 Å². The van der Waals surface area contributed by atoms with E-state index in [9.17, 15) is 13.2 Å². The number of likely N-dealkylation sites (tertiary alicyclic amines) is 1. The van der Waals surface area contributed by atoms with Crippen molar-refractivity contribution < 1.29 is 13.2 Å². The second kappa shape index (κ2) is 4.90. The second-order valence-electron chi connectivity index (χ2n) is 4.83. The normalized spacial score (nSPS) is 25.6. The van der Waals surface area contributed by atoms with Crippen molar-refractivity contribution in [1.82, 2.24) is 4.90 Å². The fourth-order valence-electron chi connectivity index (χ4n) is 2.67. The molecule has 1 fully saturated rings. The molecular weight excluding hydrogens is 241 g/mol. The molecular formula is C13H17F3N2. The SMILES string of the molecule is CN1CCC(CN)C1c1ccc(C(F)(F)F)cc1. The van der Waals surface area contributed by atoms with Gasteiger partial charge in [-0.2, -0.15) is 13.2 Å². The number of rotatable bonds is 2. The summed E-state index contributed by atoms with van der Waals surface area (Å²) in [7, 11) is 1.98. The molecule has 100 valence electrons. The van der Waals surface area contributed by atoms with E-state index in [1.54, 1.807) is 12.1 Å². The highest BCUT2D eigenvalue weighted by molar-refractivity contribution is 5.28. The molecule has 2 N–H and O–H groups in total. The van der Waals surface area contributed by atoms with E-state index in [0.717, 1.165) is 30.7 Å². The van der Waals surface area contributed by atoms with E-state index in [1.807, 2.05) is 7.05 Å². The first kappa shape index (κ1) is 13.4. The highest BCUT2D eigenvalue weighted by Crippen LogP contribution is 2.37. The highest BCUT2D eigenvalue weighted by Gasteiger charge is 2.33. The molecule has 2 unspecified atom stereocenters. The average Bonchev–Trinajstić information content (AvgIpc) is 2.69. The highest BCUT2D eigenvalue weighted by atomic mass is 19.4. The van der Waals surface area contributed by atoms with Gasteiger partial charge in [-0.1, -0.05) is 12.1 Å². The van der Waals surface area contributed by atoms with Gasteiger partial charge in [0.15, 0.2) is 0 Å². The van der Waals surface area contributed by atoms with Crippen LogP contribution in [0.25, 0.3) is 0 Å². The van der Waals surface area contributed by atoms with Crippen molar-refractivity contribution in [3.8, 4) is 0 Å². The van der Waals surface area contributed by atoms with Gasteiger partial charge in [0.2, 0.25) is 0 Å². The van der Waals surface area contributed by atoms with Crippen LogP contribution in [0.1, 0.15) is 23.6 Å². The molecule has 0 saturated carbocycles. The lowest BCUT2D eigenvalue weighted by atomic mass is 9.93. The first-order valence-electron chi connectivity index (χ1n) is 6.01. The maximum atomic E-state index is 12.5. The van der Waals surface area contributed by atoms with Crippen LogP contribution >= 0.6 is 0 Å². The number of hydrogen-bond acceptors (Lipinski definition) is 2. The third-order valence-electron chi connectivity index (χ3n) is 3.66. The van der Waals surface area contributed by atoms with E-state index in [4.69, 9.17) is 5.73 Å². The van der Waals surface area contributed by atoms with E-state index < -0.39 is 11.7 Å². The van der Waals surface area contributed by atoms with Gasteiger partial charge in [-0.15, -0.1) is 0 Å². The summed E-state index contributed by atoms with van der Waals surface area (Å²) in [4.78, 5) is 2.15. The minimum Gasteiger partial charge on any atom is -0.330 e. The third-order valence-corrected chi connectivity index (χ3v) is 3.66. The van der Waals surface area contributed by atoms with Crippen molar-refractivity contribution in [2.24, 2.45) is 11.7 Å². The number of hydrogen-bond donors (Lipinski definition) is 1. The lowest BCUT2D eigenvalue weighted by Gasteiger charge is -2.25. The topological polar surface area (TPSA) is 29.3 Å². The van der Waals surface area contributed by atoms with Crippen molar-refractivity contribution in [2.45, 2.75) is 18.6 Å². The maximum Gasteiger partial charge on any atom is 0.416 e. The van der Waals surface area contributed by atoms with Crippen molar-refractivity contribution in [3.05, 3.63) is 35.4 Å². The van der Waals surface area contributed by atoms with Crippen LogP contribution < -0.4 is 5.73 Å². The van der Waals surface area contributed by atoms with Crippen LogP contribution in [0, 0.1) is 5.92 Å². The quantitative estimate of drug-likeness (QED) is 0.883. The summed E-state index contributed by atoms with van der Waals surface area (Å²) in [6, 6.07) is 5.57. The Kier molecular flexibility index (Phi) is 3.64. The summed E-state index contributed by atoms with van der Waals surface area (Å²) in [6.45, 7) is 1.50. The van der Waals surface area contributed by atoms with Crippen molar-refractivity contribution >= 4 is 0 Å². The molecule has 2 rings (SSSR count). The standard InChI is InChI=1S/C13H17F3N2/c1-18-7-6-10(8-17)12(18)9-2-4-11(5-3-9)13(14,15)16/h2-5,10,12H,6-8,17H2,1H3. The predicted octanol–water partition coefficient (Wildman–Crippen LogP) is 2.66. The lowest BCUT2D eigenvalue weighted by Crippen LogP contribution is -2.25. The van der Waals surface area contributed by atoms with Gasteiger partial charge in [0.25, 0.3) is 0 Å². The van der Waals surface area contributed by atoms with E-state index in [2.05, 4.69) is 4.90 Å². The minimum atomic E-state index is -4.27. The van der Waals surface area contributed by atoms with E-state index >= 15 is 0 Å². The lowest BCUT2D eigenvalue weighted by molar-refractivity contribution is -0.137. The Hall–Kier alpha value is -1.07. The predicted molar refractivity (Wildman–Crippen MR) is 64.0 cm³/mol. The molecule has 0 aromatic heterocycles. The number of benzene rings is 1. The number of halogens is 3. The van der Waals surface area contributed by atoms with Gasteiger partial charge in [-0.3, -0.25) is 4.90 Å². The van der Waals surface area contributed by atoms with Crippen molar-refractivity contribution in [2.75, 3.05) is 20.1 Å². The molecule has 0 aliphatic carbocycles. The molecule has 5 heteroatoms. The van der Waals surface area contributed by atoms with Gasteiger partial charge >= 0.3 is 6.18 Å². The van der Waals surface area contributed by atoms with Crippen molar-refractivity contribution in [1.29, 1.82) is 0 Å². The second-order valence-corrected chi connectivity index (χ2v) is 4.83. The molecule has 1 aliphatic heterocycles. The van der Waals surface area contributed by atoms with Gasteiger partial charge in [0.05, 0.1) is 5.56 Å². The molecule has 2 atom stereocenters. The molecule has 1 aromatic rings. The Morgan fingerprint density at radius 3 is 2.39 bits per heavy atom. The summed E-state index contributed by atoms with van der Waals surface area (Å²) < 4.78 is 37.5. The molecule has 1 saturated heterocycles. The van der Waals surface area contributed by atoms with Crippen LogP contribution in [-0.4, -0.2) is 25.0 Å². The van der Waals surface area contributed by atoms with Gasteiger partial charge in [0.1, 0.15) is 0 Å². The Bertz CT molecular complexity index is 400. The Morgan fingerprint density at radius 2 is 1.89 bits per heavy atom. The van der Waals surface area contributed by atoms with Crippen LogP contribution in [0.15, 0.2) is 24.3 Å². The Morgan fingerprint density at radius 1 is 1.28 bits per heavy atom. The zero-order valence-electron chi connectivity index (χ0n) is 10.2. The average molecular weight is 258 g/mol. The molecule has 1 heterocycles. The van der Waals surface area contributed by atoms with Gasteiger partial charge in [0, 0.05) is 6.04 Å². The maximum absolute atomic E-state index is 12.5. The van der Waals surface area contributed by atoms with E-state index in [1.165, 1.54) is 0 Å². The van der Waals surface area contributed by atoms with Crippen LogP contribution in [0.2, 0.25) is 0 Å². The molecule has 2 nitrogen and oxygen atoms in total. The molecule has 1 aromatic carbocycles. The fraction of sp³-hybridized carbons (Fsp3) is 0.538. The van der Waals surface area contributed by atoms with Crippen LogP contribution in [-0.2, 0) is 6.18 Å². The third kappa shape index (κ3) is 2.52. The number of nitrogens with two attached hydrogens (primary N) is 1. The molecule has 18 heavy (non-hydrogen) atoms. The first-order chi connectivity index (χ1) is 8.43. The molecule has 1 aliphatic rings. The zero-order valence-corrected chi connectivity index (χ0v) is 10.2. The first-order valence-corrected chi connectivity index (χ1v) is 6.01. The van der Waals surface area contributed by atoms with Gasteiger partial charge < -0.3 is 5.73 Å². The summed E-state index contributed by atoms with van der Waals surface area (Å²) >= 11 is 0. The summed E-state index contributed by atoms with van der Waals surface area (Å²) in [6.07, 6.45) is -3.27. The van der Waals surface area contributed by atoms with Crippen molar-refractivity contribution in [3.63, 3.8) is 0 Å². The van der Waals surface area contributed by atoms with Crippen LogP contribution in [0.5, 0.6) is 0 Å². The number of alkyl halides is 3. The molecule has 0 radical (unpaired) electrons. The molecule has 0 amide bonds. The minimum absolute atomic E-state index is 0.136. The van der Waals surface area contributed by atoms with Gasteiger partial charge in [-0.05, 0) is 50.2 Å². The Balaban J connectivity index is 2.23. The largest absolute Gasteiger partial charge is 0.416 e. The Labute approximate surface area is 105 Å².